The minimum Gasteiger partial charge on any atom is -0.493 e. The van der Waals surface area contributed by atoms with E-state index in [-0.39, 0.29) is 18.2 Å². The van der Waals surface area contributed by atoms with Crippen molar-refractivity contribution in [1.29, 1.82) is 0 Å². The van der Waals surface area contributed by atoms with Gasteiger partial charge in [-0.05, 0) is 55.1 Å². The van der Waals surface area contributed by atoms with Gasteiger partial charge in [-0.25, -0.2) is 9.78 Å². The maximum absolute atomic E-state index is 12.6. The van der Waals surface area contributed by atoms with E-state index in [4.69, 9.17) is 14.2 Å². The number of hydrogen-bond acceptors (Lipinski definition) is 6. The number of carbonyl (C=O) groups is 1. The van der Waals surface area contributed by atoms with E-state index in [1.165, 1.54) is 0 Å². The van der Waals surface area contributed by atoms with E-state index in [2.05, 4.69) is 15.2 Å². The van der Waals surface area contributed by atoms with Gasteiger partial charge in [0, 0.05) is 30.8 Å². The lowest BCUT2D eigenvalue weighted by Gasteiger charge is -2.44. The summed E-state index contributed by atoms with van der Waals surface area (Å²) in [6, 6.07) is 9.80. The van der Waals surface area contributed by atoms with Gasteiger partial charge in [-0.1, -0.05) is 12.1 Å². The molecular weight excluding hydrogens is 382 g/mol. The van der Waals surface area contributed by atoms with Crippen molar-refractivity contribution in [2.75, 3.05) is 33.4 Å². The first-order chi connectivity index (χ1) is 14.7. The molecule has 158 valence electrons. The Morgan fingerprint density at radius 3 is 2.77 bits per heavy atom. The third kappa shape index (κ3) is 3.81. The molecule has 5 heterocycles. The van der Waals surface area contributed by atoms with Crippen LogP contribution in [0.4, 0.5) is 4.79 Å². The van der Waals surface area contributed by atoms with Crippen LogP contribution in [0.1, 0.15) is 30.9 Å². The van der Waals surface area contributed by atoms with Gasteiger partial charge in [0.05, 0.1) is 19.8 Å². The molecule has 1 aromatic heterocycles. The van der Waals surface area contributed by atoms with Crippen LogP contribution in [-0.4, -0.2) is 55.4 Å². The summed E-state index contributed by atoms with van der Waals surface area (Å²) in [5, 5.41) is 3.07. The molecule has 3 saturated heterocycles. The fourth-order valence-corrected chi connectivity index (χ4v) is 4.78. The van der Waals surface area contributed by atoms with Crippen LogP contribution in [0.25, 0.3) is 11.1 Å². The number of rotatable bonds is 4. The molecule has 0 radical (unpaired) electrons. The lowest BCUT2D eigenvalue weighted by Crippen LogP contribution is -2.52. The molecule has 30 heavy (non-hydrogen) atoms. The Balaban J connectivity index is 1.28. The van der Waals surface area contributed by atoms with Gasteiger partial charge in [0.15, 0.2) is 0 Å². The topological polar surface area (TPSA) is 72.9 Å². The highest BCUT2D eigenvalue weighted by Crippen LogP contribution is 2.36. The highest BCUT2D eigenvalue weighted by atomic mass is 16.6. The van der Waals surface area contributed by atoms with Crippen LogP contribution in [0.5, 0.6) is 11.6 Å². The number of nitrogens with one attached hydrogen (secondary N) is 1. The quantitative estimate of drug-likeness (QED) is 0.834. The van der Waals surface area contributed by atoms with Gasteiger partial charge < -0.3 is 19.5 Å². The van der Waals surface area contributed by atoms with Gasteiger partial charge in [-0.15, -0.1) is 0 Å². The zero-order valence-corrected chi connectivity index (χ0v) is 17.2. The Hall–Kier alpha value is -2.80. The number of carbonyl (C=O) groups excluding carboxylic acids is 1. The summed E-state index contributed by atoms with van der Waals surface area (Å²) in [6.45, 7) is 3.68. The average molecular weight is 409 g/mol. The van der Waals surface area contributed by atoms with Gasteiger partial charge in [-0.3, -0.25) is 4.90 Å². The van der Waals surface area contributed by atoms with Crippen molar-refractivity contribution in [3.63, 3.8) is 0 Å². The summed E-state index contributed by atoms with van der Waals surface area (Å²) in [4.78, 5) is 19.2. The number of amides is 1. The summed E-state index contributed by atoms with van der Waals surface area (Å²) in [5.74, 6) is 1.87. The summed E-state index contributed by atoms with van der Waals surface area (Å²) in [5.41, 5.74) is 3.01. The predicted octanol–water partition coefficient (Wildman–Crippen LogP) is 3.40. The van der Waals surface area contributed by atoms with Crippen LogP contribution in [0.2, 0.25) is 0 Å². The SMILES string of the molecule is COc1cc(-c2ccc3c(c2)OCCC3NC(=O)O[C@H]2CN3CCC2CC3)ccn1. The van der Waals surface area contributed by atoms with Crippen LogP contribution in [0, 0.1) is 5.92 Å². The number of pyridine rings is 1. The molecule has 0 saturated carbocycles. The summed E-state index contributed by atoms with van der Waals surface area (Å²) < 4.78 is 16.9. The van der Waals surface area contributed by atoms with Gasteiger partial charge in [0.25, 0.3) is 0 Å². The third-order valence-corrected chi connectivity index (χ3v) is 6.48. The molecule has 2 aromatic rings. The monoisotopic (exact) mass is 409 g/mol. The number of nitrogens with zero attached hydrogens (tertiary/aromatic N) is 2. The molecule has 1 aromatic carbocycles. The maximum atomic E-state index is 12.6. The first-order valence-electron chi connectivity index (χ1n) is 10.7. The number of hydrogen-bond donors (Lipinski definition) is 1. The molecule has 3 fully saturated rings. The molecule has 1 N–H and O–H groups in total. The van der Waals surface area contributed by atoms with Gasteiger partial charge in [0.2, 0.25) is 5.88 Å². The molecule has 7 nitrogen and oxygen atoms in total. The van der Waals surface area contributed by atoms with E-state index >= 15 is 0 Å². The molecule has 4 aliphatic heterocycles. The van der Waals surface area contributed by atoms with E-state index in [0.717, 1.165) is 61.3 Å². The molecule has 6 rings (SSSR count). The first kappa shape index (κ1) is 19.2. The van der Waals surface area contributed by atoms with E-state index in [9.17, 15) is 4.79 Å². The van der Waals surface area contributed by atoms with Crippen LogP contribution in [-0.2, 0) is 4.74 Å². The van der Waals surface area contributed by atoms with Crippen molar-refractivity contribution in [1.82, 2.24) is 15.2 Å². The van der Waals surface area contributed by atoms with Crippen LogP contribution < -0.4 is 14.8 Å². The number of piperidine rings is 3. The lowest BCUT2D eigenvalue weighted by atomic mass is 9.86. The van der Waals surface area contributed by atoms with Crippen molar-refractivity contribution >= 4 is 6.09 Å². The van der Waals surface area contributed by atoms with Crippen molar-refractivity contribution in [2.45, 2.75) is 31.4 Å². The second-order valence-corrected chi connectivity index (χ2v) is 8.26. The minimum absolute atomic E-state index is 0.0101. The molecule has 0 aliphatic carbocycles. The highest BCUT2D eigenvalue weighted by molar-refractivity contribution is 5.70. The van der Waals surface area contributed by atoms with E-state index in [1.807, 2.05) is 30.3 Å². The highest BCUT2D eigenvalue weighted by Gasteiger charge is 2.37. The van der Waals surface area contributed by atoms with E-state index in [0.29, 0.717) is 18.4 Å². The zero-order chi connectivity index (χ0) is 20.5. The van der Waals surface area contributed by atoms with Crippen LogP contribution in [0.15, 0.2) is 36.5 Å². The third-order valence-electron chi connectivity index (χ3n) is 6.48. The number of fused-ring (bicyclic) bond motifs is 4. The first-order valence-corrected chi connectivity index (χ1v) is 10.7. The smallest absolute Gasteiger partial charge is 0.407 e. The van der Waals surface area contributed by atoms with Crippen molar-refractivity contribution in [3.05, 3.63) is 42.1 Å². The van der Waals surface area contributed by atoms with Gasteiger partial charge >= 0.3 is 6.09 Å². The van der Waals surface area contributed by atoms with E-state index < -0.39 is 0 Å². The zero-order valence-electron chi connectivity index (χ0n) is 17.2. The number of aromatic nitrogens is 1. The standard InChI is InChI=1S/C23H27N3O4/c1-28-22-13-17(4-8-24-22)16-2-3-18-19(7-11-29-20(18)12-16)25-23(27)30-21-14-26-9-5-15(21)6-10-26/h2-4,8,12-13,15,19,21H,5-7,9-11,14H2,1H3,(H,25,27)/t19?,21-/m0/s1. The van der Waals surface area contributed by atoms with Gasteiger partial charge in [-0.2, -0.15) is 0 Å². The minimum atomic E-state index is -0.324. The second kappa shape index (κ2) is 8.14. The Kier molecular flexibility index (Phi) is 5.21. The number of methoxy groups -OCH3 is 1. The molecule has 7 heteroatoms. The summed E-state index contributed by atoms with van der Waals surface area (Å²) in [6.07, 6.45) is 4.39. The predicted molar refractivity (Wildman–Crippen MR) is 112 cm³/mol. The molecule has 0 spiro atoms. The number of alkyl carbamates (subject to hydrolysis) is 1. The summed E-state index contributed by atoms with van der Waals surface area (Å²) in [7, 11) is 1.60. The Morgan fingerprint density at radius 1 is 1.17 bits per heavy atom. The number of benzene rings is 1. The molecule has 1 amide bonds. The largest absolute Gasteiger partial charge is 0.493 e. The van der Waals surface area contributed by atoms with Gasteiger partial charge in [0.1, 0.15) is 11.9 Å². The molecule has 4 aliphatic rings. The van der Waals surface area contributed by atoms with E-state index in [1.54, 1.807) is 13.3 Å². The molecule has 2 atom stereocenters. The molecule has 2 bridgehead atoms. The van der Waals surface area contributed by atoms with Crippen LogP contribution in [0.3, 0.4) is 0 Å². The van der Waals surface area contributed by atoms with Crippen molar-refractivity contribution in [2.24, 2.45) is 5.92 Å². The van der Waals surface area contributed by atoms with Crippen molar-refractivity contribution < 1.29 is 19.0 Å². The molecular formula is C23H27N3O4. The fraction of sp³-hybridized carbons (Fsp3) is 0.478. The molecule has 1 unspecified atom stereocenters. The Bertz CT molecular complexity index is 926. The fourth-order valence-electron chi connectivity index (χ4n) is 4.78. The average Bonchev–Trinajstić information content (AvgIpc) is 2.80. The lowest BCUT2D eigenvalue weighted by molar-refractivity contribution is -0.0342. The Labute approximate surface area is 176 Å². The Morgan fingerprint density at radius 2 is 2.00 bits per heavy atom. The maximum Gasteiger partial charge on any atom is 0.407 e. The van der Waals surface area contributed by atoms with Crippen LogP contribution >= 0.6 is 0 Å². The van der Waals surface area contributed by atoms with Crippen molar-refractivity contribution in [3.8, 4) is 22.8 Å². The number of ether oxygens (including phenoxy) is 3. The second-order valence-electron chi connectivity index (χ2n) is 8.26. The normalized spacial score (nSPS) is 27.0. The summed E-state index contributed by atoms with van der Waals surface area (Å²) >= 11 is 0.